The normalized spacial score (nSPS) is 16.4. The molecule has 1 aliphatic heterocycles. The number of benzene rings is 1. The van der Waals surface area contributed by atoms with Gasteiger partial charge >= 0.3 is 0 Å². The minimum absolute atomic E-state index is 0.0949. The zero-order valence-corrected chi connectivity index (χ0v) is 15.8. The van der Waals surface area contributed by atoms with Crippen LogP contribution in [0, 0.1) is 0 Å². The number of sulfonamides is 1. The van der Waals surface area contributed by atoms with Gasteiger partial charge in [-0.25, -0.2) is 0 Å². The van der Waals surface area contributed by atoms with Crippen LogP contribution in [0.4, 0.5) is 5.69 Å². The quantitative estimate of drug-likeness (QED) is 0.856. The highest BCUT2D eigenvalue weighted by atomic mass is 35.5. The molecule has 0 atom stereocenters. The summed E-state index contributed by atoms with van der Waals surface area (Å²) in [5.41, 5.74) is 0.499. The third-order valence-electron chi connectivity index (χ3n) is 3.77. The highest BCUT2D eigenvalue weighted by Gasteiger charge is 2.20. The summed E-state index contributed by atoms with van der Waals surface area (Å²) in [6.07, 6.45) is 1.57. The van der Waals surface area contributed by atoms with E-state index in [0.29, 0.717) is 27.2 Å². The maximum absolute atomic E-state index is 12.4. The van der Waals surface area contributed by atoms with Crippen molar-refractivity contribution >= 4 is 50.4 Å². The number of hydrogen-bond donors (Lipinski definition) is 1. The van der Waals surface area contributed by atoms with Gasteiger partial charge in [-0.3, -0.25) is 4.79 Å². The Hall–Kier alpha value is -1.90. The molecule has 1 amide bonds. The monoisotopic (exact) mass is 397 g/mol. The first-order valence-electron chi connectivity index (χ1n) is 7.57. The number of carbonyl (C=O) groups excluding carboxylic acids is 1. The molecule has 132 valence electrons. The lowest BCUT2D eigenvalue weighted by molar-refractivity contribution is 0.103. The molecule has 25 heavy (non-hydrogen) atoms. The maximum atomic E-state index is 12.4. The molecular formula is C16H16ClN3O3S2. The number of anilines is 1. The number of nitrogens with zero attached hydrogens (tertiary/aromatic N) is 2. The van der Waals surface area contributed by atoms with Crippen molar-refractivity contribution in [2.24, 2.45) is 4.40 Å². The molecule has 0 radical (unpaired) electrons. The molecule has 2 heterocycles. The number of amides is 1. The number of thiophene rings is 1. The van der Waals surface area contributed by atoms with Gasteiger partial charge in [0.15, 0.2) is 0 Å². The smallest absolute Gasteiger partial charge is 0.283 e. The van der Waals surface area contributed by atoms with Crippen molar-refractivity contribution in [2.75, 3.05) is 18.9 Å². The van der Waals surface area contributed by atoms with Crippen LogP contribution in [0.1, 0.15) is 22.5 Å². The third kappa shape index (κ3) is 4.20. The molecule has 1 N–H and O–H groups in total. The number of carbonyl (C=O) groups is 1. The zero-order chi connectivity index (χ0) is 18.0. The summed E-state index contributed by atoms with van der Waals surface area (Å²) in [5, 5.41) is 2.70. The van der Waals surface area contributed by atoms with Gasteiger partial charge in [0.25, 0.3) is 15.9 Å². The lowest BCUT2D eigenvalue weighted by Gasteiger charge is -2.11. The second kappa shape index (κ2) is 7.15. The predicted molar refractivity (Wildman–Crippen MR) is 100 cm³/mol. The van der Waals surface area contributed by atoms with Gasteiger partial charge in [0.1, 0.15) is 5.84 Å². The highest BCUT2D eigenvalue weighted by molar-refractivity contribution is 7.90. The van der Waals surface area contributed by atoms with E-state index in [-0.39, 0.29) is 10.8 Å². The molecule has 1 aromatic carbocycles. The molecule has 0 unspecified atom stereocenters. The van der Waals surface area contributed by atoms with Crippen LogP contribution in [-0.4, -0.2) is 38.7 Å². The summed E-state index contributed by atoms with van der Waals surface area (Å²) in [5.74, 6) is 0.285. The molecular weight excluding hydrogens is 382 g/mol. The molecule has 3 rings (SSSR count). The van der Waals surface area contributed by atoms with Gasteiger partial charge in [-0.1, -0.05) is 11.6 Å². The first-order chi connectivity index (χ1) is 11.8. The Kier molecular flexibility index (Phi) is 5.12. The summed E-state index contributed by atoms with van der Waals surface area (Å²) in [6, 6.07) is 9.24. The minimum Gasteiger partial charge on any atom is -0.362 e. The summed E-state index contributed by atoms with van der Waals surface area (Å²) in [4.78, 5) is 14.5. The Labute approximate surface area is 155 Å². The van der Waals surface area contributed by atoms with E-state index in [0.717, 1.165) is 13.0 Å². The van der Waals surface area contributed by atoms with Crippen LogP contribution in [0.3, 0.4) is 0 Å². The van der Waals surface area contributed by atoms with Crippen molar-refractivity contribution in [1.82, 2.24) is 4.90 Å². The third-order valence-corrected chi connectivity index (χ3v) is 6.32. The Morgan fingerprint density at radius 2 is 1.96 bits per heavy atom. The largest absolute Gasteiger partial charge is 0.362 e. The second-order valence-electron chi connectivity index (χ2n) is 5.59. The summed E-state index contributed by atoms with van der Waals surface area (Å²) in [7, 11) is -1.92. The zero-order valence-electron chi connectivity index (χ0n) is 13.4. The average molecular weight is 398 g/mol. The van der Waals surface area contributed by atoms with E-state index in [1.807, 2.05) is 11.9 Å². The van der Waals surface area contributed by atoms with E-state index in [4.69, 9.17) is 11.6 Å². The van der Waals surface area contributed by atoms with Gasteiger partial charge in [-0.05, 0) is 42.8 Å². The molecule has 0 spiro atoms. The van der Waals surface area contributed by atoms with Gasteiger partial charge < -0.3 is 10.2 Å². The number of halogens is 1. The van der Waals surface area contributed by atoms with Crippen molar-refractivity contribution in [2.45, 2.75) is 17.7 Å². The number of amidine groups is 1. The first-order valence-corrected chi connectivity index (χ1v) is 10.2. The number of likely N-dealkylation sites (tertiary alicyclic amines) is 1. The Morgan fingerprint density at radius 3 is 2.52 bits per heavy atom. The van der Waals surface area contributed by atoms with E-state index >= 15 is 0 Å². The molecule has 2 aromatic rings. The van der Waals surface area contributed by atoms with Gasteiger partial charge in [0, 0.05) is 25.7 Å². The Morgan fingerprint density at radius 1 is 1.24 bits per heavy atom. The molecule has 1 fully saturated rings. The molecule has 6 nitrogen and oxygen atoms in total. The summed E-state index contributed by atoms with van der Waals surface area (Å²) >= 11 is 6.99. The van der Waals surface area contributed by atoms with Crippen molar-refractivity contribution in [3.05, 3.63) is 45.6 Å². The van der Waals surface area contributed by atoms with Crippen LogP contribution < -0.4 is 5.32 Å². The molecule has 0 saturated carbocycles. The van der Waals surface area contributed by atoms with Crippen molar-refractivity contribution in [3.8, 4) is 0 Å². The lowest BCUT2D eigenvalue weighted by atomic mass is 10.3. The fourth-order valence-corrected chi connectivity index (χ4v) is 4.47. The topological polar surface area (TPSA) is 78.8 Å². The SMILES string of the molecule is CN1CCCC1=NS(=O)(=O)c1ccc(NC(=O)c2ccc(Cl)s2)cc1. The standard InChI is InChI=1S/C16H16ClN3O3S2/c1-20-10-2-3-15(20)19-25(22,23)12-6-4-11(5-7-12)18-16(21)13-8-9-14(17)24-13/h4-9H,2-3,10H2,1H3,(H,18,21). The van der Waals surface area contributed by atoms with E-state index in [1.54, 1.807) is 24.3 Å². The maximum Gasteiger partial charge on any atom is 0.283 e. The van der Waals surface area contributed by atoms with Crippen LogP contribution in [-0.2, 0) is 10.0 Å². The molecule has 9 heteroatoms. The van der Waals surface area contributed by atoms with Crippen LogP contribution in [0.2, 0.25) is 4.34 Å². The summed E-state index contributed by atoms with van der Waals surface area (Å²) in [6.45, 7) is 0.812. The highest BCUT2D eigenvalue weighted by Crippen LogP contribution is 2.23. The van der Waals surface area contributed by atoms with Gasteiger partial charge in [-0.2, -0.15) is 8.42 Å². The lowest BCUT2D eigenvalue weighted by Crippen LogP contribution is -2.20. The number of nitrogens with one attached hydrogen (secondary N) is 1. The fourth-order valence-electron chi connectivity index (χ4n) is 2.44. The second-order valence-corrected chi connectivity index (χ2v) is 8.91. The average Bonchev–Trinajstić information content (AvgIpc) is 3.17. The Bertz CT molecular complexity index is 920. The summed E-state index contributed by atoms with van der Waals surface area (Å²) < 4.78 is 29.2. The van der Waals surface area contributed by atoms with Crippen LogP contribution in [0.15, 0.2) is 45.7 Å². The van der Waals surface area contributed by atoms with Gasteiger partial charge in [0.05, 0.1) is 14.1 Å². The minimum atomic E-state index is -3.75. The van der Waals surface area contributed by atoms with Gasteiger partial charge in [0.2, 0.25) is 0 Å². The predicted octanol–water partition coefficient (Wildman–Crippen LogP) is 3.47. The first kappa shape index (κ1) is 17.9. The van der Waals surface area contributed by atoms with Crippen LogP contribution in [0.5, 0.6) is 0 Å². The molecule has 1 aromatic heterocycles. The van der Waals surface area contributed by atoms with Crippen molar-refractivity contribution in [3.63, 3.8) is 0 Å². The molecule has 1 aliphatic rings. The Balaban J connectivity index is 1.74. The molecule has 0 bridgehead atoms. The number of hydrogen-bond acceptors (Lipinski definition) is 4. The molecule has 0 aliphatic carbocycles. The van der Waals surface area contributed by atoms with E-state index in [1.165, 1.54) is 23.5 Å². The van der Waals surface area contributed by atoms with E-state index in [9.17, 15) is 13.2 Å². The number of rotatable bonds is 4. The van der Waals surface area contributed by atoms with E-state index in [2.05, 4.69) is 9.71 Å². The van der Waals surface area contributed by atoms with Gasteiger partial charge in [-0.15, -0.1) is 15.7 Å². The van der Waals surface area contributed by atoms with Crippen LogP contribution >= 0.6 is 22.9 Å². The van der Waals surface area contributed by atoms with Crippen LogP contribution in [0.25, 0.3) is 0 Å². The van der Waals surface area contributed by atoms with E-state index < -0.39 is 10.0 Å². The fraction of sp³-hybridized carbons (Fsp3) is 0.250. The van der Waals surface area contributed by atoms with Crippen molar-refractivity contribution in [1.29, 1.82) is 0 Å². The van der Waals surface area contributed by atoms with Crippen molar-refractivity contribution < 1.29 is 13.2 Å². The molecule has 1 saturated heterocycles.